The highest BCUT2D eigenvalue weighted by Gasteiger charge is 2.18. The highest BCUT2D eigenvalue weighted by atomic mass is 35.5. The number of thiazole rings is 1. The molecule has 2 heterocycles. The first-order valence-electron chi connectivity index (χ1n) is 6.48. The smallest absolute Gasteiger partial charge is 0.322 e. The fourth-order valence-electron chi connectivity index (χ4n) is 1.93. The number of aromatic nitrogens is 3. The van der Waals surface area contributed by atoms with Crippen molar-refractivity contribution < 1.29 is 9.21 Å². The van der Waals surface area contributed by atoms with Gasteiger partial charge in [0.15, 0.2) is 0 Å². The largest absolute Gasteiger partial charge is 0.402 e. The first-order valence-corrected chi connectivity index (χ1v) is 8.05. The molecule has 0 unspecified atom stereocenters. The van der Waals surface area contributed by atoms with Crippen LogP contribution >= 0.6 is 34.5 Å². The molecule has 3 rings (SSSR count). The standard InChI is InChI=1S/C14H10Cl2N4O2S/c1-6-11(23-7(2)17-6)13-19-20-14(22-13)18-12(21)9-5-8(15)3-4-10(9)16/h3-5H,1-2H3,(H,18,20,21). The van der Waals surface area contributed by atoms with E-state index in [1.807, 2.05) is 13.8 Å². The number of hydrogen-bond acceptors (Lipinski definition) is 6. The van der Waals surface area contributed by atoms with Gasteiger partial charge in [0.25, 0.3) is 11.8 Å². The maximum Gasteiger partial charge on any atom is 0.322 e. The van der Waals surface area contributed by atoms with Crippen LogP contribution in [0.1, 0.15) is 21.1 Å². The maximum absolute atomic E-state index is 12.2. The minimum atomic E-state index is -0.482. The number of benzene rings is 1. The van der Waals surface area contributed by atoms with Crippen molar-refractivity contribution in [1.82, 2.24) is 15.2 Å². The van der Waals surface area contributed by atoms with Crippen molar-refractivity contribution >= 4 is 46.5 Å². The number of nitrogens with zero attached hydrogens (tertiary/aromatic N) is 3. The van der Waals surface area contributed by atoms with Gasteiger partial charge in [0.1, 0.15) is 4.88 Å². The Morgan fingerprint density at radius 3 is 2.74 bits per heavy atom. The van der Waals surface area contributed by atoms with E-state index in [0.717, 1.165) is 15.6 Å². The van der Waals surface area contributed by atoms with E-state index < -0.39 is 5.91 Å². The van der Waals surface area contributed by atoms with Crippen LogP contribution in [-0.2, 0) is 0 Å². The lowest BCUT2D eigenvalue weighted by Gasteiger charge is -2.03. The molecule has 0 saturated carbocycles. The van der Waals surface area contributed by atoms with Crippen molar-refractivity contribution in [3.05, 3.63) is 44.5 Å². The van der Waals surface area contributed by atoms with E-state index in [2.05, 4.69) is 20.5 Å². The third-order valence-electron chi connectivity index (χ3n) is 2.92. The van der Waals surface area contributed by atoms with Gasteiger partial charge in [0.05, 0.1) is 21.3 Å². The Balaban J connectivity index is 1.83. The number of carbonyl (C=O) groups is 1. The van der Waals surface area contributed by atoms with Crippen LogP contribution in [0.5, 0.6) is 0 Å². The van der Waals surface area contributed by atoms with Crippen LogP contribution in [0, 0.1) is 13.8 Å². The maximum atomic E-state index is 12.2. The number of rotatable bonds is 3. The van der Waals surface area contributed by atoms with Gasteiger partial charge in [0.2, 0.25) is 0 Å². The van der Waals surface area contributed by atoms with Crippen LogP contribution in [0.3, 0.4) is 0 Å². The molecule has 1 aromatic carbocycles. The summed E-state index contributed by atoms with van der Waals surface area (Å²) in [6.45, 7) is 3.74. The Kier molecular flexibility index (Phi) is 4.34. The molecule has 0 saturated heterocycles. The lowest BCUT2D eigenvalue weighted by molar-refractivity contribution is 0.102. The zero-order valence-corrected chi connectivity index (χ0v) is 14.4. The minimum Gasteiger partial charge on any atom is -0.402 e. The summed E-state index contributed by atoms with van der Waals surface area (Å²) >= 11 is 13.3. The predicted molar refractivity (Wildman–Crippen MR) is 89.3 cm³/mol. The average molecular weight is 369 g/mol. The average Bonchev–Trinajstić information content (AvgIpc) is 3.07. The molecule has 2 aromatic heterocycles. The van der Waals surface area contributed by atoms with Crippen molar-refractivity contribution in [2.45, 2.75) is 13.8 Å². The Hall–Kier alpha value is -1.96. The van der Waals surface area contributed by atoms with E-state index in [1.165, 1.54) is 17.4 Å². The molecule has 0 spiro atoms. The quantitative estimate of drug-likeness (QED) is 0.742. The van der Waals surface area contributed by atoms with Gasteiger partial charge >= 0.3 is 6.01 Å². The van der Waals surface area contributed by atoms with Gasteiger partial charge in [-0.1, -0.05) is 28.3 Å². The molecule has 0 fully saturated rings. The summed E-state index contributed by atoms with van der Waals surface area (Å²) < 4.78 is 5.47. The zero-order valence-electron chi connectivity index (χ0n) is 12.1. The molecule has 0 aliphatic rings. The molecule has 0 atom stereocenters. The lowest BCUT2D eigenvalue weighted by Crippen LogP contribution is -2.12. The van der Waals surface area contributed by atoms with Crippen LogP contribution in [0.2, 0.25) is 10.0 Å². The van der Waals surface area contributed by atoms with Gasteiger partial charge in [-0.25, -0.2) is 4.98 Å². The summed E-state index contributed by atoms with van der Waals surface area (Å²) in [6.07, 6.45) is 0. The summed E-state index contributed by atoms with van der Waals surface area (Å²) in [4.78, 5) is 17.3. The highest BCUT2D eigenvalue weighted by Crippen LogP contribution is 2.29. The molecule has 6 nitrogen and oxygen atoms in total. The second-order valence-corrected chi connectivity index (χ2v) is 6.68. The van der Waals surface area contributed by atoms with Crippen molar-refractivity contribution in [2.24, 2.45) is 0 Å². The Bertz CT molecular complexity index is 891. The number of aryl methyl sites for hydroxylation is 2. The monoisotopic (exact) mass is 368 g/mol. The molecule has 1 amide bonds. The van der Waals surface area contributed by atoms with Crippen molar-refractivity contribution in [2.75, 3.05) is 5.32 Å². The summed E-state index contributed by atoms with van der Waals surface area (Å²) in [7, 11) is 0. The third kappa shape index (κ3) is 3.36. The lowest BCUT2D eigenvalue weighted by atomic mass is 10.2. The van der Waals surface area contributed by atoms with Crippen LogP contribution in [-0.4, -0.2) is 21.1 Å². The fourth-order valence-corrected chi connectivity index (χ4v) is 3.15. The molecule has 23 heavy (non-hydrogen) atoms. The minimum absolute atomic E-state index is 0.0218. The van der Waals surface area contributed by atoms with E-state index in [4.69, 9.17) is 27.6 Å². The first kappa shape index (κ1) is 15.9. The topological polar surface area (TPSA) is 80.9 Å². The molecule has 3 aromatic rings. The summed E-state index contributed by atoms with van der Waals surface area (Å²) in [5.41, 5.74) is 1.02. The Morgan fingerprint density at radius 2 is 2.04 bits per heavy atom. The van der Waals surface area contributed by atoms with Gasteiger partial charge in [-0.15, -0.1) is 16.4 Å². The molecule has 0 aliphatic heterocycles. The molecular weight excluding hydrogens is 359 g/mol. The van der Waals surface area contributed by atoms with Crippen LogP contribution in [0.4, 0.5) is 6.01 Å². The van der Waals surface area contributed by atoms with Crippen molar-refractivity contribution in [3.8, 4) is 10.8 Å². The van der Waals surface area contributed by atoms with Gasteiger partial charge in [-0.3, -0.25) is 10.1 Å². The Labute approximate surface area is 145 Å². The van der Waals surface area contributed by atoms with Crippen LogP contribution < -0.4 is 5.32 Å². The van der Waals surface area contributed by atoms with E-state index in [9.17, 15) is 4.79 Å². The molecule has 118 valence electrons. The molecule has 1 N–H and O–H groups in total. The van der Waals surface area contributed by atoms with E-state index >= 15 is 0 Å². The van der Waals surface area contributed by atoms with Gasteiger partial charge in [0, 0.05) is 5.02 Å². The number of hydrogen-bond donors (Lipinski definition) is 1. The molecule has 0 radical (unpaired) electrons. The van der Waals surface area contributed by atoms with Crippen LogP contribution in [0.15, 0.2) is 22.6 Å². The van der Waals surface area contributed by atoms with E-state index in [0.29, 0.717) is 10.9 Å². The summed E-state index contributed by atoms with van der Waals surface area (Å²) in [5.74, 6) is -0.175. The Morgan fingerprint density at radius 1 is 1.26 bits per heavy atom. The van der Waals surface area contributed by atoms with Crippen LogP contribution in [0.25, 0.3) is 10.8 Å². The number of carbonyl (C=O) groups excluding carboxylic acids is 1. The molecule has 9 heteroatoms. The predicted octanol–water partition coefficient (Wildman–Crippen LogP) is 4.37. The van der Waals surface area contributed by atoms with Gasteiger partial charge < -0.3 is 4.42 Å². The first-order chi connectivity index (χ1) is 10.9. The zero-order chi connectivity index (χ0) is 16.6. The number of halogens is 2. The van der Waals surface area contributed by atoms with E-state index in [-0.39, 0.29) is 16.6 Å². The second-order valence-electron chi connectivity index (χ2n) is 4.64. The highest BCUT2D eigenvalue weighted by molar-refractivity contribution is 7.15. The molecule has 0 bridgehead atoms. The molecular formula is C14H10Cl2N4O2S. The van der Waals surface area contributed by atoms with Gasteiger partial charge in [-0.2, -0.15) is 0 Å². The number of nitrogens with one attached hydrogen (secondary N) is 1. The van der Waals surface area contributed by atoms with Gasteiger partial charge in [-0.05, 0) is 32.0 Å². The molecule has 0 aliphatic carbocycles. The summed E-state index contributed by atoms with van der Waals surface area (Å²) in [6, 6.07) is 4.58. The SMILES string of the molecule is Cc1nc(C)c(-c2nnc(NC(=O)c3cc(Cl)ccc3Cl)o2)s1. The second kappa shape index (κ2) is 6.27. The number of amides is 1. The van der Waals surface area contributed by atoms with Crippen molar-refractivity contribution in [1.29, 1.82) is 0 Å². The number of anilines is 1. The fraction of sp³-hybridized carbons (Fsp3) is 0.143. The van der Waals surface area contributed by atoms with Crippen molar-refractivity contribution in [3.63, 3.8) is 0 Å². The summed E-state index contributed by atoms with van der Waals surface area (Å²) in [5, 5.41) is 11.8. The van der Waals surface area contributed by atoms with E-state index in [1.54, 1.807) is 12.1 Å². The normalized spacial score (nSPS) is 10.8. The third-order valence-corrected chi connectivity index (χ3v) is 4.54.